The Morgan fingerprint density at radius 3 is 2.12 bits per heavy atom. The van der Waals surface area contributed by atoms with E-state index in [0.29, 0.717) is 21.9 Å². The third-order valence-corrected chi connectivity index (χ3v) is 5.59. The van der Waals surface area contributed by atoms with E-state index in [1.165, 1.54) is 22.7 Å². The van der Waals surface area contributed by atoms with Crippen LogP contribution in [0.15, 0.2) is 65.4 Å². The summed E-state index contributed by atoms with van der Waals surface area (Å²) in [6.07, 6.45) is -0.313. The van der Waals surface area contributed by atoms with Crippen molar-refractivity contribution in [2.45, 2.75) is 25.2 Å². The number of hydrogen-bond acceptors (Lipinski definition) is 6. The molecule has 0 spiro atoms. The summed E-state index contributed by atoms with van der Waals surface area (Å²) in [5, 5.41) is 14.8. The average molecular weight is 374 g/mol. The fraction of sp³-hybridized carbons (Fsp3) is 0.211. The van der Waals surface area contributed by atoms with Crippen molar-refractivity contribution in [2.24, 2.45) is 0 Å². The van der Waals surface area contributed by atoms with Crippen LogP contribution in [-0.2, 0) is 15.1 Å². The molecule has 0 fully saturated rings. The van der Waals surface area contributed by atoms with E-state index >= 15 is 0 Å². The molecule has 0 aliphatic heterocycles. The lowest BCUT2D eigenvalue weighted by molar-refractivity contribution is -0.181. The van der Waals surface area contributed by atoms with E-state index in [2.05, 4.69) is 0 Å². The number of ether oxygens (including phenoxy) is 2. The predicted molar refractivity (Wildman–Crippen MR) is 98.9 cm³/mol. The fourth-order valence-corrected chi connectivity index (χ4v) is 4.05. The molecule has 0 radical (unpaired) electrons. The van der Waals surface area contributed by atoms with Gasteiger partial charge in [-0.1, -0.05) is 37.3 Å². The van der Waals surface area contributed by atoms with Crippen molar-refractivity contribution in [1.29, 1.82) is 0 Å². The van der Waals surface area contributed by atoms with Crippen LogP contribution < -0.4 is 4.74 Å². The number of thiophene rings is 2. The molecule has 1 unspecified atom stereocenters. The minimum Gasteiger partial charge on any atom is -0.455 e. The molecule has 1 aromatic carbocycles. The SMILES string of the molecule is CCC(OC(=O)C(O)(c1cccs1)c1cccs1)Oc1ccccc1. The minimum atomic E-state index is -1.82. The van der Waals surface area contributed by atoms with Gasteiger partial charge >= 0.3 is 5.97 Å². The van der Waals surface area contributed by atoms with Gasteiger partial charge in [0.15, 0.2) is 0 Å². The van der Waals surface area contributed by atoms with Gasteiger partial charge < -0.3 is 14.6 Å². The second kappa shape index (κ2) is 7.82. The number of para-hydroxylation sites is 1. The van der Waals surface area contributed by atoms with Crippen LogP contribution in [0, 0.1) is 0 Å². The Morgan fingerprint density at radius 1 is 1.04 bits per heavy atom. The Kier molecular flexibility index (Phi) is 5.53. The Bertz CT molecular complexity index is 748. The molecule has 0 bridgehead atoms. The molecule has 2 heterocycles. The molecule has 6 heteroatoms. The number of aliphatic hydroxyl groups is 1. The molecule has 3 rings (SSSR count). The van der Waals surface area contributed by atoms with Crippen molar-refractivity contribution in [3.63, 3.8) is 0 Å². The maximum Gasteiger partial charge on any atom is 0.352 e. The third-order valence-electron chi connectivity index (χ3n) is 3.63. The first-order chi connectivity index (χ1) is 12.1. The lowest BCUT2D eigenvalue weighted by atomic mass is 10.00. The van der Waals surface area contributed by atoms with E-state index in [1.54, 1.807) is 36.4 Å². The highest BCUT2D eigenvalue weighted by Gasteiger charge is 2.44. The van der Waals surface area contributed by atoms with Crippen molar-refractivity contribution in [3.8, 4) is 5.75 Å². The van der Waals surface area contributed by atoms with Crippen molar-refractivity contribution in [2.75, 3.05) is 0 Å². The average Bonchev–Trinajstić information content (AvgIpc) is 3.35. The second-order valence-corrected chi connectivity index (χ2v) is 7.23. The van der Waals surface area contributed by atoms with Crippen LogP contribution >= 0.6 is 22.7 Å². The van der Waals surface area contributed by atoms with Crippen LogP contribution in [0.3, 0.4) is 0 Å². The summed E-state index contributed by atoms with van der Waals surface area (Å²) in [5.74, 6) is -0.127. The summed E-state index contributed by atoms with van der Waals surface area (Å²) in [4.78, 5) is 13.9. The highest BCUT2D eigenvalue weighted by molar-refractivity contribution is 7.12. The highest BCUT2D eigenvalue weighted by Crippen LogP contribution is 2.37. The molecule has 0 aliphatic carbocycles. The normalized spacial score (nSPS) is 12.6. The Labute approximate surface area is 154 Å². The number of rotatable bonds is 7. The molecule has 3 aromatic rings. The van der Waals surface area contributed by atoms with Gasteiger partial charge in [-0.25, -0.2) is 4.79 Å². The molecule has 1 atom stereocenters. The van der Waals surface area contributed by atoms with Gasteiger partial charge in [0, 0.05) is 6.42 Å². The molecule has 1 N–H and O–H groups in total. The van der Waals surface area contributed by atoms with Crippen LogP contribution in [-0.4, -0.2) is 17.4 Å². The first-order valence-corrected chi connectivity index (χ1v) is 9.63. The van der Waals surface area contributed by atoms with Gasteiger partial charge in [0.2, 0.25) is 11.9 Å². The molecule has 2 aromatic heterocycles. The van der Waals surface area contributed by atoms with E-state index in [9.17, 15) is 9.90 Å². The van der Waals surface area contributed by atoms with Gasteiger partial charge in [-0.15, -0.1) is 22.7 Å². The molecule has 25 heavy (non-hydrogen) atoms. The van der Waals surface area contributed by atoms with Crippen LogP contribution in [0.25, 0.3) is 0 Å². The molecule has 0 amide bonds. The van der Waals surface area contributed by atoms with Crippen LogP contribution in [0.5, 0.6) is 5.75 Å². The quantitative estimate of drug-likeness (QED) is 0.492. The van der Waals surface area contributed by atoms with Crippen molar-refractivity contribution >= 4 is 28.6 Å². The maximum atomic E-state index is 12.9. The second-order valence-electron chi connectivity index (χ2n) is 5.34. The zero-order valence-corrected chi connectivity index (χ0v) is 15.3. The van der Waals surface area contributed by atoms with E-state index < -0.39 is 17.9 Å². The zero-order chi connectivity index (χ0) is 17.7. The van der Waals surface area contributed by atoms with Gasteiger partial charge in [-0.3, -0.25) is 0 Å². The molecule has 130 valence electrons. The van der Waals surface area contributed by atoms with E-state index in [4.69, 9.17) is 9.47 Å². The molecule has 4 nitrogen and oxygen atoms in total. The summed E-state index contributed by atoms with van der Waals surface area (Å²) < 4.78 is 11.2. The molecule has 0 saturated carbocycles. The smallest absolute Gasteiger partial charge is 0.352 e. The van der Waals surface area contributed by atoms with Gasteiger partial charge in [0.1, 0.15) is 5.75 Å². The Morgan fingerprint density at radius 2 is 1.64 bits per heavy atom. The number of carbonyl (C=O) groups is 1. The first kappa shape index (κ1) is 17.7. The van der Waals surface area contributed by atoms with Gasteiger partial charge in [0.25, 0.3) is 0 Å². The molecule has 0 saturated heterocycles. The number of benzene rings is 1. The fourth-order valence-electron chi connectivity index (χ4n) is 2.34. The van der Waals surface area contributed by atoms with Crippen molar-refractivity contribution < 1.29 is 19.4 Å². The van der Waals surface area contributed by atoms with Crippen LogP contribution in [0.2, 0.25) is 0 Å². The highest BCUT2D eigenvalue weighted by atomic mass is 32.1. The lowest BCUT2D eigenvalue weighted by Gasteiger charge is -2.27. The van der Waals surface area contributed by atoms with E-state index in [1.807, 2.05) is 35.9 Å². The summed E-state index contributed by atoms with van der Waals surface area (Å²) in [6.45, 7) is 1.86. The van der Waals surface area contributed by atoms with Gasteiger partial charge in [-0.05, 0) is 35.0 Å². The number of carbonyl (C=O) groups excluding carboxylic acids is 1. The first-order valence-electron chi connectivity index (χ1n) is 7.87. The Hall–Kier alpha value is -2.15. The molecular formula is C19H18O4S2. The van der Waals surface area contributed by atoms with Gasteiger partial charge in [0.05, 0.1) is 9.75 Å². The lowest BCUT2D eigenvalue weighted by Crippen LogP contribution is -2.40. The van der Waals surface area contributed by atoms with Crippen molar-refractivity contribution in [1.82, 2.24) is 0 Å². The van der Waals surface area contributed by atoms with E-state index in [-0.39, 0.29) is 0 Å². The number of esters is 1. The maximum absolute atomic E-state index is 12.9. The third kappa shape index (κ3) is 3.76. The zero-order valence-electron chi connectivity index (χ0n) is 13.6. The van der Waals surface area contributed by atoms with Crippen LogP contribution in [0.4, 0.5) is 0 Å². The van der Waals surface area contributed by atoms with E-state index in [0.717, 1.165) is 0 Å². The Balaban J connectivity index is 1.83. The van der Waals surface area contributed by atoms with Gasteiger partial charge in [-0.2, -0.15) is 0 Å². The largest absolute Gasteiger partial charge is 0.455 e. The minimum absolute atomic E-state index is 0.464. The molecule has 0 aliphatic rings. The van der Waals surface area contributed by atoms with Crippen LogP contribution in [0.1, 0.15) is 23.1 Å². The summed E-state index contributed by atoms with van der Waals surface area (Å²) >= 11 is 2.62. The summed E-state index contributed by atoms with van der Waals surface area (Å²) in [6, 6.07) is 16.2. The van der Waals surface area contributed by atoms with Crippen molar-refractivity contribution in [3.05, 3.63) is 75.1 Å². The molecular weight excluding hydrogens is 356 g/mol. The predicted octanol–water partition coefficient (Wildman–Crippen LogP) is 4.40. The number of hydrogen-bond donors (Lipinski definition) is 1. The monoisotopic (exact) mass is 374 g/mol. The summed E-state index contributed by atoms with van der Waals surface area (Å²) in [5.41, 5.74) is -1.82. The standard InChI is InChI=1S/C19H18O4S2/c1-2-17(22-14-8-4-3-5-9-14)23-18(20)19(21,15-10-6-12-24-15)16-11-7-13-25-16/h3-13,17,21H,2H2,1H3. The summed E-state index contributed by atoms with van der Waals surface area (Å²) in [7, 11) is 0. The topological polar surface area (TPSA) is 55.8 Å².